The van der Waals surface area contributed by atoms with Crippen LogP contribution in [0, 0.1) is 0 Å². The summed E-state index contributed by atoms with van der Waals surface area (Å²) in [6.07, 6.45) is 4.87. The summed E-state index contributed by atoms with van der Waals surface area (Å²) < 4.78 is 4.62. The molecule has 0 aliphatic heterocycles. The van der Waals surface area contributed by atoms with E-state index < -0.39 is 18.0 Å². The van der Waals surface area contributed by atoms with Crippen LogP contribution in [0.5, 0.6) is 0 Å². The minimum Gasteiger partial charge on any atom is -0.478 e. The van der Waals surface area contributed by atoms with Gasteiger partial charge in [0.2, 0.25) is 0 Å². The first-order valence-corrected chi connectivity index (χ1v) is 4.43. The number of carbonyl (C=O) groups is 2. The van der Waals surface area contributed by atoms with Gasteiger partial charge in [-0.1, -0.05) is 12.2 Å². The van der Waals surface area contributed by atoms with Gasteiger partial charge in [0, 0.05) is 12.2 Å². The zero-order chi connectivity index (χ0) is 11.7. The third-order valence-electron chi connectivity index (χ3n) is 1.33. The highest BCUT2D eigenvalue weighted by atomic mass is 16.5. The Morgan fingerprint density at radius 3 is 2.53 bits per heavy atom. The lowest BCUT2D eigenvalue weighted by atomic mass is 10.3. The Morgan fingerprint density at radius 1 is 1.33 bits per heavy atom. The van der Waals surface area contributed by atoms with Gasteiger partial charge in [-0.15, -0.1) is 0 Å². The summed E-state index contributed by atoms with van der Waals surface area (Å²) in [4.78, 5) is 20.8. The summed E-state index contributed by atoms with van der Waals surface area (Å²) in [5.74, 6) is -1.91. The van der Waals surface area contributed by atoms with E-state index in [1.165, 1.54) is 0 Å². The summed E-state index contributed by atoms with van der Waals surface area (Å²) in [7, 11) is 0. The van der Waals surface area contributed by atoms with Crippen molar-refractivity contribution < 1.29 is 24.5 Å². The lowest BCUT2D eigenvalue weighted by molar-refractivity contribution is -0.137. The fourth-order valence-corrected chi connectivity index (χ4v) is 0.679. The molecular formula is C10H14O5. The van der Waals surface area contributed by atoms with Crippen LogP contribution in [-0.2, 0) is 14.3 Å². The van der Waals surface area contributed by atoms with E-state index in [2.05, 4.69) is 4.74 Å². The Morgan fingerprint density at radius 2 is 2.00 bits per heavy atom. The molecule has 2 N–H and O–H groups in total. The highest BCUT2D eigenvalue weighted by molar-refractivity contribution is 5.90. The Kier molecular flexibility index (Phi) is 6.92. The van der Waals surface area contributed by atoms with E-state index in [0.29, 0.717) is 12.5 Å². The molecule has 0 aromatic rings. The van der Waals surface area contributed by atoms with Crippen molar-refractivity contribution in [2.24, 2.45) is 0 Å². The predicted molar refractivity (Wildman–Crippen MR) is 53.2 cm³/mol. The molecule has 1 unspecified atom stereocenters. The van der Waals surface area contributed by atoms with Crippen molar-refractivity contribution in [3.63, 3.8) is 0 Å². The molecule has 0 amide bonds. The van der Waals surface area contributed by atoms with Crippen molar-refractivity contribution in [2.45, 2.75) is 19.4 Å². The van der Waals surface area contributed by atoms with E-state index >= 15 is 0 Å². The lowest BCUT2D eigenvalue weighted by Crippen LogP contribution is -2.02. The Labute approximate surface area is 87.7 Å². The largest absolute Gasteiger partial charge is 0.478 e. The van der Waals surface area contributed by atoms with Crippen LogP contribution in [0.3, 0.4) is 0 Å². The van der Waals surface area contributed by atoms with Crippen LogP contribution >= 0.6 is 0 Å². The van der Waals surface area contributed by atoms with Crippen molar-refractivity contribution in [1.82, 2.24) is 0 Å². The minimum absolute atomic E-state index is 0.0650. The molecule has 0 radical (unpaired) electrons. The number of esters is 1. The van der Waals surface area contributed by atoms with Crippen molar-refractivity contribution in [3.8, 4) is 0 Å². The summed E-state index contributed by atoms with van der Waals surface area (Å²) in [6.45, 7) is 1.71. The summed E-state index contributed by atoms with van der Waals surface area (Å²) >= 11 is 0. The molecule has 15 heavy (non-hydrogen) atoms. The van der Waals surface area contributed by atoms with Gasteiger partial charge in [0.15, 0.2) is 0 Å². The second kappa shape index (κ2) is 7.75. The standard InChI is InChI=1S/C10H14O5/c1-8(11)4-2-3-7-15-10(14)6-5-9(12)13/h2-3,5-6,8,11H,4,7H2,1H3,(H,12,13). The molecule has 0 aromatic carbocycles. The molecule has 5 nitrogen and oxygen atoms in total. The maximum Gasteiger partial charge on any atom is 0.331 e. The maximum absolute atomic E-state index is 10.8. The molecule has 5 heteroatoms. The van der Waals surface area contributed by atoms with Crippen LogP contribution in [0.1, 0.15) is 13.3 Å². The van der Waals surface area contributed by atoms with Crippen LogP contribution in [0.4, 0.5) is 0 Å². The first-order valence-electron chi connectivity index (χ1n) is 4.43. The Balaban J connectivity index is 3.64. The van der Waals surface area contributed by atoms with Gasteiger partial charge in [-0.25, -0.2) is 9.59 Å². The normalized spacial score (nSPS) is 13.2. The number of ether oxygens (including phenoxy) is 1. The second-order valence-corrected chi connectivity index (χ2v) is 2.86. The molecular weight excluding hydrogens is 200 g/mol. The number of carboxylic acids is 1. The third-order valence-corrected chi connectivity index (χ3v) is 1.33. The fourth-order valence-electron chi connectivity index (χ4n) is 0.679. The zero-order valence-electron chi connectivity index (χ0n) is 8.42. The van der Waals surface area contributed by atoms with Crippen LogP contribution in [0.15, 0.2) is 24.3 Å². The lowest BCUT2D eigenvalue weighted by Gasteiger charge is -1.97. The number of rotatable bonds is 6. The third kappa shape index (κ3) is 10.3. The fraction of sp³-hybridized carbons (Fsp3) is 0.400. The van der Waals surface area contributed by atoms with Crippen molar-refractivity contribution >= 4 is 11.9 Å². The number of aliphatic carboxylic acids is 1. The number of aliphatic hydroxyl groups excluding tert-OH is 1. The highest BCUT2D eigenvalue weighted by Crippen LogP contribution is 1.91. The van der Waals surface area contributed by atoms with Gasteiger partial charge in [-0.05, 0) is 13.3 Å². The zero-order valence-corrected chi connectivity index (χ0v) is 8.42. The maximum atomic E-state index is 10.8. The molecule has 0 heterocycles. The van der Waals surface area contributed by atoms with Gasteiger partial charge in [-0.3, -0.25) is 0 Å². The highest BCUT2D eigenvalue weighted by Gasteiger charge is 1.96. The van der Waals surface area contributed by atoms with Crippen LogP contribution in [0.2, 0.25) is 0 Å². The molecule has 0 saturated heterocycles. The average molecular weight is 214 g/mol. The van der Waals surface area contributed by atoms with Crippen LogP contribution in [-0.4, -0.2) is 34.9 Å². The minimum atomic E-state index is -1.20. The van der Waals surface area contributed by atoms with Crippen molar-refractivity contribution in [3.05, 3.63) is 24.3 Å². The van der Waals surface area contributed by atoms with E-state index in [1.807, 2.05) is 0 Å². The summed E-state index contributed by atoms with van der Waals surface area (Å²) in [5, 5.41) is 17.1. The molecule has 0 aliphatic rings. The quantitative estimate of drug-likeness (QED) is 0.382. The molecule has 1 atom stereocenters. The van der Waals surface area contributed by atoms with E-state index in [0.717, 1.165) is 6.08 Å². The molecule has 0 bridgehead atoms. The second-order valence-electron chi connectivity index (χ2n) is 2.86. The number of hydrogen-bond donors (Lipinski definition) is 2. The predicted octanol–water partition coefficient (Wildman–Crippen LogP) is 0.497. The summed E-state index contributed by atoms with van der Waals surface area (Å²) in [6, 6.07) is 0. The molecule has 0 spiro atoms. The molecule has 0 saturated carbocycles. The van der Waals surface area contributed by atoms with Gasteiger partial charge in [0.05, 0.1) is 6.10 Å². The van der Waals surface area contributed by atoms with E-state index in [4.69, 9.17) is 10.2 Å². The van der Waals surface area contributed by atoms with Crippen LogP contribution < -0.4 is 0 Å². The van der Waals surface area contributed by atoms with Gasteiger partial charge >= 0.3 is 11.9 Å². The number of aliphatic hydroxyl groups is 1. The topological polar surface area (TPSA) is 83.8 Å². The van der Waals surface area contributed by atoms with Crippen LogP contribution in [0.25, 0.3) is 0 Å². The van der Waals surface area contributed by atoms with Gasteiger partial charge in [0.25, 0.3) is 0 Å². The molecule has 84 valence electrons. The van der Waals surface area contributed by atoms with E-state index in [9.17, 15) is 9.59 Å². The van der Waals surface area contributed by atoms with Crippen molar-refractivity contribution in [1.29, 1.82) is 0 Å². The molecule has 0 fully saturated rings. The molecule has 0 aliphatic carbocycles. The van der Waals surface area contributed by atoms with Gasteiger partial charge < -0.3 is 14.9 Å². The Bertz CT molecular complexity index is 265. The SMILES string of the molecule is CC(O)CC=CCOC(=O)C=CC(=O)O. The number of carbonyl (C=O) groups excluding carboxylic acids is 1. The van der Waals surface area contributed by atoms with Crippen molar-refractivity contribution in [2.75, 3.05) is 6.61 Å². The number of carboxylic acid groups (broad SMARTS) is 1. The summed E-state index contributed by atoms with van der Waals surface area (Å²) in [5.41, 5.74) is 0. The van der Waals surface area contributed by atoms with E-state index in [1.54, 1.807) is 19.1 Å². The first-order chi connectivity index (χ1) is 7.02. The monoisotopic (exact) mass is 214 g/mol. The molecule has 0 rings (SSSR count). The van der Waals surface area contributed by atoms with Gasteiger partial charge in [0.1, 0.15) is 6.61 Å². The van der Waals surface area contributed by atoms with E-state index in [-0.39, 0.29) is 6.61 Å². The van der Waals surface area contributed by atoms with Gasteiger partial charge in [-0.2, -0.15) is 0 Å². The molecule has 0 aromatic heterocycles. The Hall–Kier alpha value is -1.62. The smallest absolute Gasteiger partial charge is 0.331 e. The number of hydrogen-bond acceptors (Lipinski definition) is 4. The first kappa shape index (κ1) is 13.4. The average Bonchev–Trinajstić information content (AvgIpc) is 2.13.